The summed E-state index contributed by atoms with van der Waals surface area (Å²) in [6.45, 7) is 0. The van der Waals surface area contributed by atoms with Crippen molar-refractivity contribution in [1.82, 2.24) is 9.59 Å². The Kier molecular flexibility index (Phi) is 3.12. The molecule has 84 valence electrons. The SMILES string of the molecule is COc1cccc(C(O)c2cnns2)c1F. The van der Waals surface area contributed by atoms with Gasteiger partial charge in [-0.1, -0.05) is 16.6 Å². The number of benzene rings is 1. The van der Waals surface area contributed by atoms with E-state index in [9.17, 15) is 9.50 Å². The lowest BCUT2D eigenvalue weighted by Crippen LogP contribution is -2.02. The molecular weight excluding hydrogens is 231 g/mol. The van der Waals surface area contributed by atoms with Gasteiger partial charge in [-0.15, -0.1) is 5.10 Å². The number of methoxy groups -OCH3 is 1. The van der Waals surface area contributed by atoms with E-state index in [1.54, 1.807) is 6.07 Å². The Bertz CT molecular complexity index is 476. The number of aliphatic hydroxyl groups excluding tert-OH is 1. The quantitative estimate of drug-likeness (QED) is 0.888. The molecule has 2 rings (SSSR count). The van der Waals surface area contributed by atoms with Gasteiger partial charge in [0.2, 0.25) is 0 Å². The lowest BCUT2D eigenvalue weighted by molar-refractivity contribution is 0.217. The third-order valence-corrected chi connectivity index (χ3v) is 2.87. The number of hydrogen-bond acceptors (Lipinski definition) is 5. The Hall–Kier alpha value is -1.53. The minimum atomic E-state index is -1.06. The van der Waals surface area contributed by atoms with Crippen molar-refractivity contribution in [1.29, 1.82) is 0 Å². The molecule has 1 heterocycles. The number of aromatic nitrogens is 2. The summed E-state index contributed by atoms with van der Waals surface area (Å²) >= 11 is 1.03. The molecule has 1 aromatic carbocycles. The molecule has 0 aliphatic heterocycles. The van der Waals surface area contributed by atoms with Crippen molar-refractivity contribution < 1.29 is 14.2 Å². The number of nitrogens with zero attached hydrogens (tertiary/aromatic N) is 2. The van der Waals surface area contributed by atoms with Gasteiger partial charge in [0.05, 0.1) is 18.2 Å². The molecule has 1 N–H and O–H groups in total. The van der Waals surface area contributed by atoms with Crippen LogP contribution in [0.3, 0.4) is 0 Å². The van der Waals surface area contributed by atoms with Gasteiger partial charge < -0.3 is 9.84 Å². The van der Waals surface area contributed by atoms with Gasteiger partial charge >= 0.3 is 0 Å². The van der Waals surface area contributed by atoms with Crippen molar-refractivity contribution in [3.05, 3.63) is 40.7 Å². The van der Waals surface area contributed by atoms with Gasteiger partial charge in [-0.25, -0.2) is 4.39 Å². The van der Waals surface area contributed by atoms with Crippen LogP contribution in [0.2, 0.25) is 0 Å². The number of hydrogen-bond donors (Lipinski definition) is 1. The van der Waals surface area contributed by atoms with E-state index >= 15 is 0 Å². The van der Waals surface area contributed by atoms with E-state index in [1.165, 1.54) is 25.4 Å². The van der Waals surface area contributed by atoms with Crippen LogP contribution in [-0.4, -0.2) is 21.8 Å². The van der Waals surface area contributed by atoms with E-state index in [2.05, 4.69) is 9.59 Å². The highest BCUT2D eigenvalue weighted by Gasteiger charge is 2.19. The second kappa shape index (κ2) is 4.54. The average molecular weight is 240 g/mol. The summed E-state index contributed by atoms with van der Waals surface area (Å²) in [5.41, 5.74) is 0.158. The fraction of sp³-hybridized carbons (Fsp3) is 0.200. The standard InChI is InChI=1S/C10H9FN2O2S/c1-15-7-4-2-3-6(9(7)11)10(14)8-5-12-13-16-8/h2-5,10,14H,1H3. The fourth-order valence-corrected chi connectivity index (χ4v) is 1.85. The summed E-state index contributed by atoms with van der Waals surface area (Å²) in [4.78, 5) is 0.493. The van der Waals surface area contributed by atoms with Gasteiger partial charge in [0.15, 0.2) is 11.6 Å². The molecule has 0 spiro atoms. The first kappa shape index (κ1) is 11.0. The smallest absolute Gasteiger partial charge is 0.171 e. The van der Waals surface area contributed by atoms with Crippen LogP contribution in [0.5, 0.6) is 5.75 Å². The zero-order valence-corrected chi connectivity index (χ0v) is 9.24. The summed E-state index contributed by atoms with van der Waals surface area (Å²) in [5, 5.41) is 13.5. The third kappa shape index (κ3) is 1.89. The molecule has 1 unspecified atom stereocenters. The second-order valence-electron chi connectivity index (χ2n) is 3.09. The van der Waals surface area contributed by atoms with Gasteiger partial charge in [0.25, 0.3) is 0 Å². The maximum Gasteiger partial charge on any atom is 0.171 e. The molecule has 0 fully saturated rings. The van der Waals surface area contributed by atoms with Crippen molar-refractivity contribution in [2.24, 2.45) is 0 Å². The summed E-state index contributed by atoms with van der Waals surface area (Å²) in [7, 11) is 1.38. The molecule has 0 amide bonds. The zero-order valence-electron chi connectivity index (χ0n) is 8.42. The molecule has 0 saturated carbocycles. The molecule has 1 atom stereocenters. The van der Waals surface area contributed by atoms with Gasteiger partial charge in [-0.05, 0) is 17.6 Å². The van der Waals surface area contributed by atoms with Crippen LogP contribution < -0.4 is 4.74 Å². The maximum absolute atomic E-state index is 13.8. The molecule has 2 aromatic rings. The first-order valence-electron chi connectivity index (χ1n) is 4.51. The highest BCUT2D eigenvalue weighted by Crippen LogP contribution is 2.29. The van der Waals surface area contributed by atoms with Crippen LogP contribution in [0.15, 0.2) is 24.4 Å². The predicted molar refractivity (Wildman–Crippen MR) is 56.9 cm³/mol. The summed E-state index contributed by atoms with van der Waals surface area (Å²) < 4.78 is 22.3. The monoisotopic (exact) mass is 240 g/mol. The Morgan fingerprint density at radius 3 is 2.94 bits per heavy atom. The first-order chi connectivity index (χ1) is 7.74. The van der Waals surface area contributed by atoms with Crippen LogP contribution in [0.1, 0.15) is 16.5 Å². The Balaban J connectivity index is 2.41. The van der Waals surface area contributed by atoms with E-state index < -0.39 is 11.9 Å². The zero-order chi connectivity index (χ0) is 11.5. The highest BCUT2D eigenvalue weighted by molar-refractivity contribution is 7.05. The predicted octanol–water partition coefficient (Wildman–Crippen LogP) is 1.77. The molecule has 0 saturated heterocycles. The second-order valence-corrected chi connectivity index (χ2v) is 3.90. The van der Waals surface area contributed by atoms with Gasteiger partial charge in [0, 0.05) is 5.56 Å². The van der Waals surface area contributed by atoms with E-state index in [0.717, 1.165) is 11.5 Å². The molecule has 16 heavy (non-hydrogen) atoms. The van der Waals surface area contributed by atoms with Gasteiger partial charge in [-0.3, -0.25) is 0 Å². The summed E-state index contributed by atoms with van der Waals surface area (Å²) in [6, 6.07) is 4.62. The Morgan fingerprint density at radius 2 is 2.31 bits per heavy atom. The fourth-order valence-electron chi connectivity index (χ4n) is 1.35. The number of ether oxygens (including phenoxy) is 1. The van der Waals surface area contributed by atoms with Crippen LogP contribution in [0, 0.1) is 5.82 Å². The van der Waals surface area contributed by atoms with Crippen molar-refractivity contribution in [3.63, 3.8) is 0 Å². The molecular formula is C10H9FN2O2S. The summed E-state index contributed by atoms with van der Waals surface area (Å²) in [6.07, 6.45) is 0.351. The topological polar surface area (TPSA) is 55.2 Å². The van der Waals surface area contributed by atoms with Crippen LogP contribution in [0.25, 0.3) is 0 Å². The summed E-state index contributed by atoms with van der Waals surface area (Å²) in [5.74, 6) is -0.458. The van der Waals surface area contributed by atoms with Crippen LogP contribution in [0.4, 0.5) is 4.39 Å². The van der Waals surface area contributed by atoms with Crippen molar-refractivity contribution in [3.8, 4) is 5.75 Å². The van der Waals surface area contributed by atoms with E-state index in [-0.39, 0.29) is 11.3 Å². The first-order valence-corrected chi connectivity index (χ1v) is 5.29. The number of rotatable bonds is 3. The molecule has 0 bridgehead atoms. The molecule has 0 radical (unpaired) electrons. The van der Waals surface area contributed by atoms with Crippen molar-refractivity contribution >= 4 is 11.5 Å². The Morgan fingerprint density at radius 1 is 1.50 bits per heavy atom. The van der Waals surface area contributed by atoms with Gasteiger partial charge in [-0.2, -0.15) is 0 Å². The average Bonchev–Trinajstić information content (AvgIpc) is 2.82. The maximum atomic E-state index is 13.8. The van der Waals surface area contributed by atoms with E-state index in [4.69, 9.17) is 4.74 Å². The molecule has 6 heteroatoms. The normalized spacial score (nSPS) is 12.4. The van der Waals surface area contributed by atoms with Crippen LogP contribution in [-0.2, 0) is 0 Å². The molecule has 0 aliphatic rings. The molecule has 0 aliphatic carbocycles. The van der Waals surface area contributed by atoms with E-state index in [0.29, 0.717) is 4.88 Å². The van der Waals surface area contributed by atoms with Gasteiger partial charge in [0.1, 0.15) is 6.10 Å². The number of halogens is 1. The molecule has 4 nitrogen and oxygen atoms in total. The Labute approximate surface area is 95.5 Å². The van der Waals surface area contributed by atoms with E-state index in [1.807, 2.05) is 0 Å². The van der Waals surface area contributed by atoms with Crippen LogP contribution >= 0.6 is 11.5 Å². The molecule has 1 aromatic heterocycles. The number of aliphatic hydroxyl groups is 1. The lowest BCUT2D eigenvalue weighted by Gasteiger charge is -2.11. The lowest BCUT2D eigenvalue weighted by atomic mass is 10.1. The van der Waals surface area contributed by atoms with Crippen molar-refractivity contribution in [2.75, 3.05) is 7.11 Å². The minimum absolute atomic E-state index is 0.106. The largest absolute Gasteiger partial charge is 0.494 e. The third-order valence-electron chi connectivity index (χ3n) is 2.16. The minimum Gasteiger partial charge on any atom is -0.494 e. The van der Waals surface area contributed by atoms with Crippen molar-refractivity contribution in [2.45, 2.75) is 6.10 Å². The highest BCUT2D eigenvalue weighted by atomic mass is 32.1.